The molecule has 11 heteroatoms. The number of hydrogen-bond donors (Lipinski definition) is 4. The van der Waals surface area contributed by atoms with Gasteiger partial charge in [-0.2, -0.15) is 9.97 Å². The van der Waals surface area contributed by atoms with E-state index in [9.17, 15) is 0 Å². The van der Waals surface area contributed by atoms with E-state index in [0.29, 0.717) is 35.7 Å². The Morgan fingerprint density at radius 2 is 1.76 bits per heavy atom. The fourth-order valence-corrected chi connectivity index (χ4v) is 5.09. The minimum Gasteiger partial charge on any atom is -0.351 e. The molecule has 0 radical (unpaired) electrons. The molecule has 2 saturated carbocycles. The second kappa shape index (κ2) is 8.98. The lowest BCUT2D eigenvalue weighted by atomic mass is 9.92. The standard InChI is InChI=1S/C23H29N11/c24-15-7-11-17(12-8-15)27-23-28-21(19-22(29-23)34(13-25-19)18-3-1-2-4-18)26-16-9-5-14(6-10-16)20-30-32-33-31-20/h5-6,9-10,13,15,17-18H,1-4,7-8,11-12,24H2,(H2,26,27,28,29)(H,30,31,32,33)/t15-,17-. The van der Waals surface area contributed by atoms with Gasteiger partial charge < -0.3 is 20.9 Å². The van der Waals surface area contributed by atoms with Gasteiger partial charge in [-0.25, -0.2) is 10.1 Å². The molecule has 11 nitrogen and oxygen atoms in total. The number of aromatic amines is 1. The fourth-order valence-electron chi connectivity index (χ4n) is 5.09. The highest BCUT2D eigenvalue weighted by atomic mass is 15.5. The summed E-state index contributed by atoms with van der Waals surface area (Å²) in [6.45, 7) is 0. The van der Waals surface area contributed by atoms with E-state index in [1.54, 1.807) is 0 Å². The second-order valence-corrected chi connectivity index (χ2v) is 9.37. The van der Waals surface area contributed by atoms with Gasteiger partial charge in [0.25, 0.3) is 0 Å². The van der Waals surface area contributed by atoms with Crippen molar-refractivity contribution < 1.29 is 0 Å². The Labute approximate surface area is 197 Å². The quantitative estimate of drug-likeness (QED) is 0.339. The average Bonchev–Trinajstić information content (AvgIpc) is 3.63. The van der Waals surface area contributed by atoms with Crippen molar-refractivity contribution in [3.05, 3.63) is 30.6 Å². The Morgan fingerprint density at radius 1 is 0.971 bits per heavy atom. The van der Waals surface area contributed by atoms with Crippen LogP contribution in [0.15, 0.2) is 30.6 Å². The molecule has 4 aromatic rings. The molecule has 0 unspecified atom stereocenters. The number of benzene rings is 1. The number of nitrogens with two attached hydrogens (primary N) is 1. The Balaban J connectivity index is 1.32. The van der Waals surface area contributed by atoms with Crippen LogP contribution in [0, 0.1) is 0 Å². The van der Waals surface area contributed by atoms with Crippen molar-refractivity contribution in [1.82, 2.24) is 40.1 Å². The number of hydrogen-bond acceptors (Lipinski definition) is 9. The Hall–Kier alpha value is -3.60. The highest BCUT2D eigenvalue weighted by molar-refractivity contribution is 5.86. The van der Waals surface area contributed by atoms with E-state index >= 15 is 0 Å². The first kappa shape index (κ1) is 21.0. The average molecular weight is 460 g/mol. The van der Waals surface area contributed by atoms with Crippen LogP contribution >= 0.6 is 0 Å². The van der Waals surface area contributed by atoms with Crippen LogP contribution in [0.2, 0.25) is 0 Å². The first-order valence-corrected chi connectivity index (χ1v) is 12.1. The topological polar surface area (TPSA) is 148 Å². The lowest BCUT2D eigenvalue weighted by Crippen LogP contribution is -2.33. The van der Waals surface area contributed by atoms with Gasteiger partial charge in [-0.15, -0.1) is 5.10 Å². The predicted molar refractivity (Wildman–Crippen MR) is 130 cm³/mol. The molecule has 6 rings (SSSR count). The molecule has 176 valence electrons. The first-order chi connectivity index (χ1) is 16.7. The molecular formula is C23H29N11. The molecule has 2 aliphatic rings. The third kappa shape index (κ3) is 4.18. The summed E-state index contributed by atoms with van der Waals surface area (Å²) >= 11 is 0. The van der Waals surface area contributed by atoms with Crippen molar-refractivity contribution in [2.75, 3.05) is 10.6 Å². The summed E-state index contributed by atoms with van der Waals surface area (Å²) in [6, 6.07) is 8.98. The highest BCUT2D eigenvalue weighted by Crippen LogP contribution is 2.34. The zero-order valence-electron chi connectivity index (χ0n) is 19.0. The predicted octanol–water partition coefficient (Wildman–Crippen LogP) is 3.55. The molecule has 0 spiro atoms. The van der Waals surface area contributed by atoms with E-state index in [0.717, 1.165) is 48.1 Å². The largest absolute Gasteiger partial charge is 0.351 e. The number of nitrogens with one attached hydrogen (secondary N) is 3. The second-order valence-electron chi connectivity index (χ2n) is 9.37. The number of rotatable bonds is 6. The van der Waals surface area contributed by atoms with Crippen LogP contribution in [0.1, 0.15) is 57.4 Å². The van der Waals surface area contributed by atoms with Crippen LogP contribution in [0.3, 0.4) is 0 Å². The maximum atomic E-state index is 6.10. The fraction of sp³-hybridized carbons (Fsp3) is 0.478. The third-order valence-corrected chi connectivity index (χ3v) is 7.01. The Morgan fingerprint density at radius 3 is 2.50 bits per heavy atom. The smallest absolute Gasteiger partial charge is 0.227 e. The van der Waals surface area contributed by atoms with Crippen LogP contribution in [0.4, 0.5) is 17.5 Å². The van der Waals surface area contributed by atoms with E-state index in [1.165, 1.54) is 25.7 Å². The van der Waals surface area contributed by atoms with Crippen molar-refractivity contribution in [1.29, 1.82) is 0 Å². The molecule has 3 aromatic heterocycles. The summed E-state index contributed by atoms with van der Waals surface area (Å²) in [6.07, 6.45) is 10.9. The Kier molecular flexibility index (Phi) is 5.54. The number of aromatic nitrogens is 8. The van der Waals surface area contributed by atoms with Gasteiger partial charge in [-0.1, -0.05) is 12.8 Å². The molecule has 2 fully saturated rings. The number of tetrazole rings is 1. The lowest BCUT2D eigenvalue weighted by molar-refractivity contribution is 0.410. The first-order valence-electron chi connectivity index (χ1n) is 12.1. The molecule has 0 aliphatic heterocycles. The summed E-state index contributed by atoms with van der Waals surface area (Å²) < 4.78 is 2.23. The molecule has 0 atom stereocenters. The molecule has 0 saturated heterocycles. The van der Waals surface area contributed by atoms with Crippen molar-refractivity contribution in [3.8, 4) is 11.4 Å². The van der Waals surface area contributed by atoms with Crippen LogP contribution in [0.5, 0.6) is 0 Å². The van der Waals surface area contributed by atoms with Crippen LogP contribution in [0.25, 0.3) is 22.6 Å². The molecule has 0 bridgehead atoms. The van der Waals surface area contributed by atoms with E-state index in [-0.39, 0.29) is 0 Å². The van der Waals surface area contributed by atoms with Gasteiger partial charge in [0.1, 0.15) is 0 Å². The molecule has 3 heterocycles. The van der Waals surface area contributed by atoms with Gasteiger partial charge in [0.2, 0.25) is 5.95 Å². The van der Waals surface area contributed by atoms with Crippen LogP contribution < -0.4 is 16.4 Å². The minimum atomic E-state index is 0.304. The summed E-state index contributed by atoms with van der Waals surface area (Å²) in [7, 11) is 0. The lowest BCUT2D eigenvalue weighted by Gasteiger charge is -2.27. The normalized spacial score (nSPS) is 21.2. The minimum absolute atomic E-state index is 0.304. The molecule has 1 aromatic carbocycles. The van der Waals surface area contributed by atoms with Gasteiger partial charge in [0.15, 0.2) is 22.8 Å². The van der Waals surface area contributed by atoms with E-state index in [2.05, 4.69) is 35.8 Å². The number of imidazole rings is 1. The number of fused-ring (bicyclic) bond motifs is 1. The molecular weight excluding hydrogens is 430 g/mol. The van der Waals surface area contributed by atoms with Gasteiger partial charge in [0, 0.05) is 29.4 Å². The van der Waals surface area contributed by atoms with E-state index < -0.39 is 0 Å². The van der Waals surface area contributed by atoms with E-state index in [1.807, 2.05) is 30.6 Å². The SMILES string of the molecule is N[C@H]1CC[C@H](Nc2nc(Nc3ccc(-c4nnn[nH]4)cc3)c3ncn(C4CCCC4)c3n2)CC1. The van der Waals surface area contributed by atoms with Crippen molar-refractivity contribution in [2.45, 2.75) is 69.5 Å². The van der Waals surface area contributed by atoms with E-state index in [4.69, 9.17) is 20.7 Å². The maximum Gasteiger partial charge on any atom is 0.227 e. The van der Waals surface area contributed by atoms with Gasteiger partial charge in [-0.3, -0.25) is 0 Å². The highest BCUT2D eigenvalue weighted by Gasteiger charge is 2.24. The summed E-state index contributed by atoms with van der Waals surface area (Å²) in [5.41, 5.74) is 9.57. The number of nitrogens with zero attached hydrogens (tertiary/aromatic N) is 7. The summed E-state index contributed by atoms with van der Waals surface area (Å²) in [5.74, 6) is 1.97. The molecule has 2 aliphatic carbocycles. The number of H-pyrrole nitrogens is 1. The van der Waals surface area contributed by atoms with Crippen LogP contribution in [-0.4, -0.2) is 52.2 Å². The van der Waals surface area contributed by atoms with Crippen LogP contribution in [-0.2, 0) is 0 Å². The summed E-state index contributed by atoms with van der Waals surface area (Å²) in [5, 5.41) is 21.1. The monoisotopic (exact) mass is 459 g/mol. The molecule has 0 amide bonds. The van der Waals surface area contributed by atoms with Crippen molar-refractivity contribution >= 4 is 28.6 Å². The van der Waals surface area contributed by atoms with Crippen molar-refractivity contribution in [2.24, 2.45) is 5.73 Å². The van der Waals surface area contributed by atoms with Gasteiger partial charge in [0.05, 0.1) is 6.33 Å². The zero-order chi connectivity index (χ0) is 22.9. The van der Waals surface area contributed by atoms with Crippen molar-refractivity contribution in [3.63, 3.8) is 0 Å². The molecule has 5 N–H and O–H groups in total. The number of anilines is 3. The summed E-state index contributed by atoms with van der Waals surface area (Å²) in [4.78, 5) is 14.5. The zero-order valence-corrected chi connectivity index (χ0v) is 19.0. The molecule has 34 heavy (non-hydrogen) atoms. The Bertz CT molecular complexity index is 1230. The van der Waals surface area contributed by atoms with Gasteiger partial charge >= 0.3 is 0 Å². The van der Waals surface area contributed by atoms with Gasteiger partial charge in [-0.05, 0) is 73.2 Å². The third-order valence-electron chi connectivity index (χ3n) is 7.01. The maximum absolute atomic E-state index is 6.10.